The van der Waals surface area contributed by atoms with E-state index in [1.54, 1.807) is 0 Å². The van der Waals surface area contributed by atoms with Gasteiger partial charge in [0.05, 0.1) is 19.8 Å². The standard InChI is InChI=1S/C29H49F3O3/c1-5-9-10-11-12-13-16-24(29(33-19-6-2,34-20-7-3)35-21-8-4)17-14-15-18-26-27(31)22-25(30)23-28(26)32/h22-24H,5-21H2,1-4H3. The molecule has 1 atom stereocenters. The van der Waals surface area contributed by atoms with Gasteiger partial charge in [0.1, 0.15) is 17.5 Å². The van der Waals surface area contributed by atoms with E-state index in [0.29, 0.717) is 26.2 Å². The normalized spacial score (nSPS) is 12.9. The fourth-order valence-corrected chi connectivity index (χ4v) is 4.38. The van der Waals surface area contributed by atoms with Crippen LogP contribution in [0.4, 0.5) is 13.2 Å². The van der Waals surface area contributed by atoms with Gasteiger partial charge in [-0.1, -0.05) is 72.6 Å². The van der Waals surface area contributed by atoms with E-state index in [9.17, 15) is 13.2 Å². The van der Waals surface area contributed by atoms with Gasteiger partial charge >= 0.3 is 0 Å². The Morgan fingerprint density at radius 3 is 1.57 bits per heavy atom. The van der Waals surface area contributed by atoms with Gasteiger partial charge in [0.15, 0.2) is 0 Å². The first-order chi connectivity index (χ1) is 16.9. The molecule has 1 aromatic rings. The second-order valence-corrected chi connectivity index (χ2v) is 9.50. The summed E-state index contributed by atoms with van der Waals surface area (Å²) >= 11 is 0. The molecule has 1 aromatic carbocycles. The van der Waals surface area contributed by atoms with Gasteiger partial charge in [-0.25, -0.2) is 13.2 Å². The lowest BCUT2D eigenvalue weighted by molar-refractivity contribution is -0.406. The first-order valence-electron chi connectivity index (χ1n) is 14.0. The van der Waals surface area contributed by atoms with Gasteiger partial charge in [0.25, 0.3) is 5.97 Å². The van der Waals surface area contributed by atoms with Crippen molar-refractivity contribution < 1.29 is 27.4 Å². The van der Waals surface area contributed by atoms with Crippen molar-refractivity contribution in [2.24, 2.45) is 5.92 Å². The SMILES string of the molecule is CCCCCCCCC(CCCCc1c(F)cc(F)cc1F)C(OCCC)(OCCC)OCCC. The van der Waals surface area contributed by atoms with Gasteiger partial charge < -0.3 is 14.2 Å². The Labute approximate surface area is 212 Å². The lowest BCUT2D eigenvalue weighted by Crippen LogP contribution is -2.47. The largest absolute Gasteiger partial charge is 0.327 e. The van der Waals surface area contributed by atoms with Crippen LogP contribution in [0.1, 0.15) is 117 Å². The second kappa shape index (κ2) is 19.1. The first-order valence-corrected chi connectivity index (χ1v) is 14.0. The zero-order valence-corrected chi connectivity index (χ0v) is 22.6. The number of ether oxygens (including phenoxy) is 3. The Morgan fingerprint density at radius 2 is 1.09 bits per heavy atom. The topological polar surface area (TPSA) is 27.7 Å². The van der Waals surface area contributed by atoms with Crippen molar-refractivity contribution in [1.29, 1.82) is 0 Å². The Kier molecular flexibility index (Phi) is 17.4. The molecule has 204 valence electrons. The predicted octanol–water partition coefficient (Wildman–Crippen LogP) is 9.12. The summed E-state index contributed by atoms with van der Waals surface area (Å²) in [6.45, 7) is 10.1. The number of benzene rings is 1. The Bertz CT molecular complexity index is 624. The molecular weight excluding hydrogens is 453 g/mol. The molecule has 0 aliphatic rings. The number of hydrogen-bond donors (Lipinski definition) is 0. The molecule has 1 rings (SSSR count). The van der Waals surface area contributed by atoms with Crippen molar-refractivity contribution >= 4 is 0 Å². The summed E-state index contributed by atoms with van der Waals surface area (Å²) in [6, 6.07) is 1.50. The van der Waals surface area contributed by atoms with Gasteiger partial charge in [-0.3, -0.25) is 0 Å². The van der Waals surface area contributed by atoms with Gasteiger partial charge in [0, 0.05) is 23.6 Å². The summed E-state index contributed by atoms with van der Waals surface area (Å²) in [4.78, 5) is 0. The highest BCUT2D eigenvalue weighted by Gasteiger charge is 2.42. The van der Waals surface area contributed by atoms with Gasteiger partial charge in [0.2, 0.25) is 0 Å². The molecule has 1 unspecified atom stereocenters. The van der Waals surface area contributed by atoms with Gasteiger partial charge in [-0.2, -0.15) is 0 Å². The average Bonchev–Trinajstić information content (AvgIpc) is 2.83. The first kappa shape index (κ1) is 31.9. The molecule has 0 N–H and O–H groups in total. The van der Waals surface area contributed by atoms with Crippen LogP contribution < -0.4 is 0 Å². The predicted molar refractivity (Wildman–Crippen MR) is 137 cm³/mol. The maximum Gasteiger partial charge on any atom is 0.285 e. The van der Waals surface area contributed by atoms with Crippen LogP contribution in [0.2, 0.25) is 0 Å². The van der Waals surface area contributed by atoms with E-state index in [4.69, 9.17) is 14.2 Å². The van der Waals surface area contributed by atoms with Crippen LogP contribution in [0.15, 0.2) is 12.1 Å². The monoisotopic (exact) mass is 502 g/mol. The van der Waals surface area contributed by atoms with E-state index < -0.39 is 23.4 Å². The Hall–Kier alpha value is -1.11. The molecule has 6 heteroatoms. The van der Waals surface area contributed by atoms with Crippen LogP contribution in [0.5, 0.6) is 0 Å². The summed E-state index contributed by atoms with van der Waals surface area (Å²) in [5, 5.41) is 0. The van der Waals surface area contributed by atoms with Gasteiger partial charge in [-0.15, -0.1) is 0 Å². The summed E-state index contributed by atoms with van der Waals surface area (Å²) in [7, 11) is 0. The maximum absolute atomic E-state index is 14.1. The van der Waals surface area contributed by atoms with Crippen molar-refractivity contribution in [3.05, 3.63) is 35.1 Å². The summed E-state index contributed by atoms with van der Waals surface area (Å²) in [5.41, 5.74) is -0.0446. The van der Waals surface area contributed by atoms with Crippen LogP contribution in [0, 0.1) is 23.4 Å². The molecule has 0 amide bonds. The van der Waals surface area contributed by atoms with E-state index in [1.165, 1.54) is 25.7 Å². The molecule has 0 saturated heterocycles. The van der Waals surface area contributed by atoms with Crippen molar-refractivity contribution in [1.82, 2.24) is 0 Å². The Balaban J connectivity index is 2.91. The van der Waals surface area contributed by atoms with E-state index in [2.05, 4.69) is 27.7 Å². The number of hydrogen-bond acceptors (Lipinski definition) is 3. The molecule has 0 aromatic heterocycles. The highest BCUT2D eigenvalue weighted by atomic mass is 19.1. The lowest BCUT2D eigenvalue weighted by atomic mass is 9.91. The third-order valence-corrected chi connectivity index (χ3v) is 6.26. The molecule has 0 fully saturated rings. The highest BCUT2D eigenvalue weighted by Crippen LogP contribution is 2.35. The van der Waals surface area contributed by atoms with E-state index in [1.807, 2.05) is 0 Å². The fraction of sp³-hybridized carbons (Fsp3) is 0.793. The molecule has 0 radical (unpaired) electrons. The van der Waals surface area contributed by atoms with Crippen LogP contribution in [0.3, 0.4) is 0 Å². The van der Waals surface area contributed by atoms with Crippen LogP contribution >= 0.6 is 0 Å². The minimum atomic E-state index is -1.09. The van der Waals surface area contributed by atoms with Crippen LogP contribution in [-0.4, -0.2) is 25.8 Å². The van der Waals surface area contributed by atoms with Gasteiger partial charge in [-0.05, 0) is 44.9 Å². The summed E-state index contributed by atoms with van der Waals surface area (Å²) in [6.07, 6.45) is 13.0. The molecule has 0 spiro atoms. The highest BCUT2D eigenvalue weighted by molar-refractivity contribution is 5.20. The Morgan fingerprint density at radius 1 is 0.629 bits per heavy atom. The number of unbranched alkanes of at least 4 members (excludes halogenated alkanes) is 6. The summed E-state index contributed by atoms with van der Waals surface area (Å²) < 4.78 is 60.3. The number of rotatable bonds is 22. The van der Waals surface area contributed by atoms with E-state index in [0.717, 1.165) is 63.5 Å². The average molecular weight is 503 g/mol. The molecule has 0 saturated carbocycles. The van der Waals surface area contributed by atoms with Crippen molar-refractivity contribution in [2.75, 3.05) is 19.8 Å². The summed E-state index contributed by atoms with van der Waals surface area (Å²) in [5.74, 6) is -3.57. The minimum absolute atomic E-state index is 0.0289. The van der Waals surface area contributed by atoms with Crippen molar-refractivity contribution in [2.45, 2.75) is 124 Å². The second-order valence-electron chi connectivity index (χ2n) is 9.50. The maximum atomic E-state index is 14.1. The molecule has 35 heavy (non-hydrogen) atoms. The molecule has 0 heterocycles. The van der Waals surface area contributed by atoms with Crippen molar-refractivity contribution in [3.63, 3.8) is 0 Å². The fourth-order valence-electron chi connectivity index (χ4n) is 4.38. The molecule has 3 nitrogen and oxygen atoms in total. The minimum Gasteiger partial charge on any atom is -0.327 e. The number of halogens is 3. The van der Waals surface area contributed by atoms with Crippen molar-refractivity contribution in [3.8, 4) is 0 Å². The quantitative estimate of drug-likeness (QED) is 0.117. The molecule has 0 bridgehead atoms. The molecular formula is C29H49F3O3. The molecule has 0 aliphatic heterocycles. The van der Waals surface area contributed by atoms with E-state index >= 15 is 0 Å². The smallest absolute Gasteiger partial charge is 0.285 e. The third-order valence-electron chi connectivity index (χ3n) is 6.26. The zero-order chi connectivity index (χ0) is 25.9. The van der Waals surface area contributed by atoms with Crippen LogP contribution in [-0.2, 0) is 20.6 Å². The van der Waals surface area contributed by atoms with E-state index in [-0.39, 0.29) is 17.9 Å². The zero-order valence-electron chi connectivity index (χ0n) is 22.6. The third kappa shape index (κ3) is 12.1. The van der Waals surface area contributed by atoms with Crippen LogP contribution in [0.25, 0.3) is 0 Å². The molecule has 0 aliphatic carbocycles. The lowest BCUT2D eigenvalue weighted by Gasteiger charge is -2.40.